The fraction of sp³-hybridized carbons (Fsp3) is 0.423. The van der Waals surface area contributed by atoms with Crippen molar-refractivity contribution < 1.29 is 9.84 Å². The van der Waals surface area contributed by atoms with Gasteiger partial charge in [0.1, 0.15) is 5.75 Å². The van der Waals surface area contributed by atoms with Crippen molar-refractivity contribution in [3.63, 3.8) is 0 Å². The predicted molar refractivity (Wildman–Crippen MR) is 127 cm³/mol. The third-order valence-electron chi connectivity index (χ3n) is 6.71. The summed E-state index contributed by atoms with van der Waals surface area (Å²) in [7, 11) is 1.73. The Morgan fingerprint density at radius 1 is 1.03 bits per heavy atom. The number of methoxy groups -OCH3 is 1. The monoisotopic (exact) mass is 434 g/mol. The number of rotatable bonds is 8. The number of hydrogen-bond donors (Lipinski definition) is 1. The molecule has 1 fully saturated rings. The van der Waals surface area contributed by atoms with E-state index in [9.17, 15) is 5.11 Å². The van der Waals surface area contributed by atoms with Crippen LogP contribution in [-0.4, -0.2) is 64.1 Å². The molecule has 2 aromatic carbocycles. The van der Waals surface area contributed by atoms with Crippen LogP contribution in [0, 0.1) is 13.8 Å². The van der Waals surface area contributed by atoms with E-state index in [2.05, 4.69) is 65.1 Å². The summed E-state index contributed by atoms with van der Waals surface area (Å²) in [6.45, 7) is 9.35. The first-order valence-electron chi connectivity index (χ1n) is 11.4. The van der Waals surface area contributed by atoms with Gasteiger partial charge < -0.3 is 9.84 Å². The summed E-state index contributed by atoms with van der Waals surface area (Å²) in [6, 6.07) is 15.2. The minimum atomic E-state index is 0.216. The van der Waals surface area contributed by atoms with Crippen molar-refractivity contribution in [2.24, 2.45) is 0 Å². The predicted octanol–water partition coefficient (Wildman–Crippen LogP) is 3.57. The zero-order chi connectivity index (χ0) is 22.5. The smallest absolute Gasteiger partial charge is 0.122 e. The summed E-state index contributed by atoms with van der Waals surface area (Å²) >= 11 is 0. The second kappa shape index (κ2) is 10.3. The molecule has 170 valence electrons. The van der Waals surface area contributed by atoms with Gasteiger partial charge in [0, 0.05) is 57.8 Å². The molecule has 0 amide bonds. The van der Waals surface area contributed by atoms with Crippen molar-refractivity contribution in [1.29, 1.82) is 0 Å². The molecule has 0 bridgehead atoms. The van der Waals surface area contributed by atoms with E-state index in [0.29, 0.717) is 6.04 Å². The molecule has 0 aliphatic carbocycles. The highest BCUT2D eigenvalue weighted by Gasteiger charge is 2.27. The topological polar surface area (TPSA) is 53.8 Å². The number of nitrogens with zero attached hydrogens (tertiary/aromatic N) is 4. The zero-order valence-electron chi connectivity index (χ0n) is 19.4. The Labute approximate surface area is 191 Å². The number of benzene rings is 2. The van der Waals surface area contributed by atoms with Crippen molar-refractivity contribution in [3.8, 4) is 11.4 Å². The van der Waals surface area contributed by atoms with Crippen LogP contribution in [0.2, 0.25) is 0 Å². The van der Waals surface area contributed by atoms with Crippen molar-refractivity contribution in [2.45, 2.75) is 39.4 Å². The molecule has 0 saturated carbocycles. The van der Waals surface area contributed by atoms with Gasteiger partial charge in [0.25, 0.3) is 0 Å². The number of aliphatic hydroxyl groups excluding tert-OH is 1. The molecule has 0 radical (unpaired) electrons. The number of hydrogen-bond acceptors (Lipinski definition) is 5. The Balaban J connectivity index is 1.40. The highest BCUT2D eigenvalue weighted by Crippen LogP contribution is 2.26. The lowest BCUT2D eigenvalue weighted by Crippen LogP contribution is -2.52. The third kappa shape index (κ3) is 5.04. The van der Waals surface area contributed by atoms with E-state index in [4.69, 9.17) is 4.74 Å². The van der Waals surface area contributed by atoms with Crippen molar-refractivity contribution in [3.05, 3.63) is 77.1 Å². The summed E-state index contributed by atoms with van der Waals surface area (Å²) < 4.78 is 7.35. The number of ether oxygens (including phenoxy) is 1. The first-order chi connectivity index (χ1) is 15.6. The molecule has 3 aromatic rings. The van der Waals surface area contributed by atoms with Crippen molar-refractivity contribution in [1.82, 2.24) is 19.6 Å². The fourth-order valence-corrected chi connectivity index (χ4v) is 4.63. The van der Waals surface area contributed by atoms with Crippen LogP contribution in [0.4, 0.5) is 0 Å². The van der Waals surface area contributed by atoms with Gasteiger partial charge in [-0.25, -0.2) is 4.68 Å². The lowest BCUT2D eigenvalue weighted by atomic mass is 10.00. The molecule has 1 aliphatic rings. The average molecular weight is 435 g/mol. The zero-order valence-corrected chi connectivity index (χ0v) is 19.4. The van der Waals surface area contributed by atoms with E-state index in [-0.39, 0.29) is 6.61 Å². The van der Waals surface area contributed by atoms with Crippen LogP contribution < -0.4 is 4.74 Å². The third-order valence-corrected chi connectivity index (χ3v) is 6.71. The van der Waals surface area contributed by atoms with E-state index in [1.807, 2.05) is 16.9 Å². The summed E-state index contributed by atoms with van der Waals surface area (Å²) in [5, 5.41) is 14.0. The van der Waals surface area contributed by atoms with E-state index in [1.54, 1.807) is 13.3 Å². The van der Waals surface area contributed by atoms with E-state index in [1.165, 1.54) is 22.3 Å². The maximum Gasteiger partial charge on any atom is 0.122 e. The van der Waals surface area contributed by atoms with Gasteiger partial charge in [-0.1, -0.05) is 18.2 Å². The first-order valence-corrected chi connectivity index (χ1v) is 11.4. The Kier molecular flexibility index (Phi) is 7.25. The van der Waals surface area contributed by atoms with Crippen LogP contribution in [-0.2, 0) is 13.1 Å². The molecular weight excluding hydrogens is 400 g/mol. The highest BCUT2D eigenvalue weighted by molar-refractivity contribution is 5.43. The lowest BCUT2D eigenvalue weighted by molar-refractivity contribution is 0.0498. The largest absolute Gasteiger partial charge is 0.496 e. The Morgan fingerprint density at radius 3 is 2.53 bits per heavy atom. The second-order valence-electron chi connectivity index (χ2n) is 8.67. The van der Waals surface area contributed by atoms with Crippen LogP contribution in [0.3, 0.4) is 0 Å². The minimum Gasteiger partial charge on any atom is -0.496 e. The van der Waals surface area contributed by atoms with Crippen molar-refractivity contribution >= 4 is 0 Å². The standard InChI is InChI=1S/C26H34N4O2/c1-20-21(2)26(32-3)10-7-23(20)18-29-15-14-28(19-25(29)11-16-31)17-22-5-8-24(9-6-22)30-13-4-12-27-30/h4-10,12-13,25,31H,11,14-19H2,1-3H3/t25-/m0/s1. The maximum atomic E-state index is 9.70. The van der Waals surface area contributed by atoms with Gasteiger partial charge in [-0.2, -0.15) is 5.10 Å². The van der Waals surface area contributed by atoms with Crippen LogP contribution in [0.5, 0.6) is 5.75 Å². The normalized spacial score (nSPS) is 17.6. The second-order valence-corrected chi connectivity index (χ2v) is 8.67. The summed E-state index contributed by atoms with van der Waals surface area (Å²) in [6.07, 6.45) is 4.55. The number of aromatic nitrogens is 2. The maximum absolute atomic E-state index is 9.70. The molecule has 1 atom stereocenters. The number of aliphatic hydroxyl groups is 1. The van der Waals surface area contributed by atoms with Gasteiger partial charge in [0.15, 0.2) is 0 Å². The Bertz CT molecular complexity index is 1000. The van der Waals surface area contributed by atoms with Crippen LogP contribution in [0.15, 0.2) is 54.9 Å². The lowest BCUT2D eigenvalue weighted by Gasteiger charge is -2.41. The number of piperazine rings is 1. The molecule has 1 aromatic heterocycles. The summed E-state index contributed by atoms with van der Waals surface area (Å²) in [5.41, 5.74) is 6.23. The molecule has 32 heavy (non-hydrogen) atoms. The SMILES string of the molecule is COc1ccc(CN2CCN(Cc3ccc(-n4cccn4)cc3)C[C@@H]2CCO)c(C)c1C. The quantitative estimate of drug-likeness (QED) is 0.588. The molecule has 1 N–H and O–H groups in total. The van der Waals surface area contributed by atoms with Crippen LogP contribution >= 0.6 is 0 Å². The van der Waals surface area contributed by atoms with E-state index < -0.39 is 0 Å². The van der Waals surface area contributed by atoms with Gasteiger partial charge in [0.2, 0.25) is 0 Å². The first kappa shape index (κ1) is 22.5. The summed E-state index contributed by atoms with van der Waals surface area (Å²) in [4.78, 5) is 5.04. The highest BCUT2D eigenvalue weighted by atomic mass is 16.5. The van der Waals surface area contributed by atoms with Gasteiger partial charge >= 0.3 is 0 Å². The molecule has 1 aliphatic heterocycles. The molecule has 2 heterocycles. The molecule has 6 heteroatoms. The van der Waals surface area contributed by atoms with Crippen molar-refractivity contribution in [2.75, 3.05) is 33.4 Å². The minimum absolute atomic E-state index is 0.216. The van der Waals surface area contributed by atoms with Gasteiger partial charge in [-0.15, -0.1) is 0 Å². The van der Waals surface area contributed by atoms with E-state index in [0.717, 1.165) is 50.6 Å². The molecule has 6 nitrogen and oxygen atoms in total. The van der Waals surface area contributed by atoms with Crippen LogP contribution in [0.25, 0.3) is 5.69 Å². The average Bonchev–Trinajstić information content (AvgIpc) is 3.34. The van der Waals surface area contributed by atoms with Crippen LogP contribution in [0.1, 0.15) is 28.7 Å². The molecule has 0 unspecified atom stereocenters. The molecule has 4 rings (SSSR count). The molecular formula is C26H34N4O2. The Hall–Kier alpha value is -2.67. The van der Waals surface area contributed by atoms with Gasteiger partial charge in [-0.3, -0.25) is 9.80 Å². The van der Waals surface area contributed by atoms with Gasteiger partial charge in [0.05, 0.1) is 12.8 Å². The molecule has 0 spiro atoms. The van der Waals surface area contributed by atoms with E-state index >= 15 is 0 Å². The molecule has 1 saturated heterocycles. The van der Waals surface area contributed by atoms with Gasteiger partial charge in [-0.05, 0) is 66.8 Å². The Morgan fingerprint density at radius 2 is 1.84 bits per heavy atom. The summed E-state index contributed by atoms with van der Waals surface area (Å²) in [5.74, 6) is 0.946. The fourth-order valence-electron chi connectivity index (χ4n) is 4.63.